The predicted octanol–water partition coefficient (Wildman–Crippen LogP) is 4.29. The first kappa shape index (κ1) is 20.9. The van der Waals surface area contributed by atoms with Crippen LogP contribution in [0.15, 0.2) is 47.0 Å². The molecule has 0 saturated carbocycles. The highest BCUT2D eigenvalue weighted by Gasteiger charge is 2.28. The third-order valence-electron chi connectivity index (χ3n) is 3.56. The molecule has 0 saturated heterocycles. The third kappa shape index (κ3) is 5.81. The first-order chi connectivity index (χ1) is 12.7. The topological polar surface area (TPSA) is 81.3 Å². The van der Waals surface area contributed by atoms with E-state index in [4.69, 9.17) is 4.74 Å². The molecule has 0 radical (unpaired) electrons. The van der Waals surface area contributed by atoms with E-state index in [9.17, 15) is 9.81 Å². The molecule has 5 nitrogen and oxygen atoms in total. The number of hydrogen-bond donors (Lipinski definition) is 0. The molecule has 1 aromatic carbocycles. The second-order valence-electron chi connectivity index (χ2n) is 7.55. The number of aromatic nitrogens is 1. The summed E-state index contributed by atoms with van der Waals surface area (Å²) in [7, 11) is 0. The van der Waals surface area contributed by atoms with Gasteiger partial charge >= 0.3 is 0 Å². The molecule has 142 valence electrons. The van der Waals surface area contributed by atoms with Gasteiger partial charge in [0.2, 0.25) is 0 Å². The van der Waals surface area contributed by atoms with Gasteiger partial charge in [0.1, 0.15) is 39.3 Å². The van der Waals surface area contributed by atoms with Gasteiger partial charge in [-0.2, -0.15) is 5.26 Å². The van der Waals surface area contributed by atoms with Crippen molar-refractivity contribution in [2.75, 3.05) is 6.61 Å². The lowest BCUT2D eigenvalue weighted by molar-refractivity contribution is 0.271. The summed E-state index contributed by atoms with van der Waals surface area (Å²) in [6.07, 6.45) is 1.56. The van der Waals surface area contributed by atoms with E-state index in [1.165, 1.54) is 0 Å². The standard InChI is InChI=1S/C21H25N3O2S/c1-15(2)14-26-17-9-6-8-16(12-17)20(24-27(25)21(3,4)5)18-10-7-11-23-19(18)13-22/h6-12,15H,14H2,1-5H3/b24-20-. The highest BCUT2D eigenvalue weighted by molar-refractivity contribution is 7.91. The fourth-order valence-electron chi connectivity index (χ4n) is 2.16. The van der Waals surface area contributed by atoms with Crippen LogP contribution in [0.1, 0.15) is 51.4 Å². The van der Waals surface area contributed by atoms with Crippen LogP contribution >= 0.6 is 0 Å². The Morgan fingerprint density at radius 1 is 1.30 bits per heavy atom. The van der Waals surface area contributed by atoms with Crippen molar-refractivity contribution in [1.82, 2.24) is 4.98 Å². The smallest absolute Gasteiger partial charge is 0.150 e. The van der Waals surface area contributed by atoms with Gasteiger partial charge in [-0.3, -0.25) is 0 Å². The Hall–Kier alpha value is -2.36. The molecule has 0 fully saturated rings. The molecule has 27 heavy (non-hydrogen) atoms. The number of benzene rings is 1. The number of nitriles is 1. The van der Waals surface area contributed by atoms with Crippen LogP contribution in [0.3, 0.4) is 0 Å². The first-order valence-corrected chi connectivity index (χ1v) is 9.92. The molecule has 1 aromatic heterocycles. The van der Waals surface area contributed by atoms with Gasteiger partial charge in [-0.25, -0.2) is 4.98 Å². The number of hydrogen-bond acceptors (Lipinski definition) is 5. The van der Waals surface area contributed by atoms with Crippen molar-refractivity contribution >= 4 is 17.1 Å². The maximum Gasteiger partial charge on any atom is 0.150 e. The zero-order chi connectivity index (χ0) is 20.0. The summed E-state index contributed by atoms with van der Waals surface area (Å²) in [6.45, 7) is 10.3. The highest BCUT2D eigenvalue weighted by atomic mass is 32.2. The fraction of sp³-hybridized carbons (Fsp3) is 0.381. The van der Waals surface area contributed by atoms with Gasteiger partial charge in [-0.15, -0.1) is 0 Å². The Morgan fingerprint density at radius 3 is 2.67 bits per heavy atom. The summed E-state index contributed by atoms with van der Waals surface area (Å²) in [5, 5.41) is 9.44. The van der Waals surface area contributed by atoms with Gasteiger partial charge in [0, 0.05) is 17.3 Å². The Kier molecular flexibility index (Phi) is 7.00. The van der Waals surface area contributed by atoms with Crippen LogP contribution in [-0.4, -0.2) is 26.6 Å². The normalized spacial score (nSPS) is 13.3. The number of ether oxygens (including phenoxy) is 1. The van der Waals surface area contributed by atoms with Gasteiger partial charge in [-0.1, -0.05) is 30.4 Å². The SMILES string of the molecule is CC(C)COc1cccc(/C(=N/[S+]([O-])C(C)(C)C)c2cccnc2C#N)c1. The van der Waals surface area contributed by atoms with Crippen LogP contribution in [0.25, 0.3) is 0 Å². The minimum atomic E-state index is -1.49. The number of pyridine rings is 1. The van der Waals surface area contributed by atoms with Crippen molar-refractivity contribution in [1.29, 1.82) is 5.26 Å². The zero-order valence-electron chi connectivity index (χ0n) is 16.4. The van der Waals surface area contributed by atoms with Crippen LogP contribution in [0, 0.1) is 17.2 Å². The Morgan fingerprint density at radius 2 is 2.04 bits per heavy atom. The van der Waals surface area contributed by atoms with Gasteiger partial charge in [0.25, 0.3) is 0 Å². The average Bonchev–Trinajstić information content (AvgIpc) is 2.63. The van der Waals surface area contributed by atoms with E-state index in [1.54, 1.807) is 18.3 Å². The summed E-state index contributed by atoms with van der Waals surface area (Å²) in [6, 6.07) is 13.1. The predicted molar refractivity (Wildman–Crippen MR) is 109 cm³/mol. The first-order valence-electron chi connectivity index (χ1n) is 8.81. The Labute approximate surface area is 164 Å². The molecule has 1 heterocycles. The maximum absolute atomic E-state index is 12.7. The summed E-state index contributed by atoms with van der Waals surface area (Å²) in [4.78, 5) is 4.12. The van der Waals surface area contributed by atoms with Crippen LogP contribution in [0.4, 0.5) is 0 Å². The number of rotatable bonds is 6. The summed E-state index contributed by atoms with van der Waals surface area (Å²) >= 11 is -1.49. The second-order valence-corrected chi connectivity index (χ2v) is 9.45. The molecule has 0 bridgehead atoms. The minimum absolute atomic E-state index is 0.246. The third-order valence-corrected chi connectivity index (χ3v) is 4.95. The van der Waals surface area contributed by atoms with E-state index in [-0.39, 0.29) is 5.69 Å². The van der Waals surface area contributed by atoms with Crippen LogP contribution in [0.5, 0.6) is 5.75 Å². The molecular weight excluding hydrogens is 358 g/mol. The van der Waals surface area contributed by atoms with Crippen molar-refractivity contribution in [2.24, 2.45) is 10.3 Å². The monoisotopic (exact) mass is 383 g/mol. The van der Waals surface area contributed by atoms with Crippen molar-refractivity contribution in [3.63, 3.8) is 0 Å². The zero-order valence-corrected chi connectivity index (χ0v) is 17.2. The molecule has 6 heteroatoms. The van der Waals surface area contributed by atoms with Crippen molar-refractivity contribution in [3.05, 3.63) is 59.4 Å². The summed E-state index contributed by atoms with van der Waals surface area (Å²) in [5.41, 5.74) is 2.01. The average molecular weight is 384 g/mol. The van der Waals surface area contributed by atoms with Gasteiger partial charge in [0.15, 0.2) is 0 Å². The lowest BCUT2D eigenvalue weighted by atomic mass is 10.0. The maximum atomic E-state index is 12.7. The summed E-state index contributed by atoms with van der Waals surface area (Å²) in [5.74, 6) is 1.11. The van der Waals surface area contributed by atoms with Crippen molar-refractivity contribution < 1.29 is 9.29 Å². The van der Waals surface area contributed by atoms with E-state index >= 15 is 0 Å². The molecule has 0 aliphatic rings. The van der Waals surface area contributed by atoms with Crippen molar-refractivity contribution in [2.45, 2.75) is 39.4 Å². The Bertz CT molecular complexity index is 851. The van der Waals surface area contributed by atoms with Crippen LogP contribution in [-0.2, 0) is 11.4 Å². The largest absolute Gasteiger partial charge is 0.591 e. The number of nitrogens with zero attached hydrogens (tertiary/aromatic N) is 3. The lowest BCUT2D eigenvalue weighted by Crippen LogP contribution is -2.27. The Balaban J connectivity index is 2.56. The fourth-order valence-corrected chi connectivity index (χ4v) is 2.80. The van der Waals surface area contributed by atoms with Crippen LogP contribution < -0.4 is 4.74 Å². The molecule has 1 atom stereocenters. The molecule has 2 aromatic rings. The second kappa shape index (κ2) is 9.03. The quantitative estimate of drug-likeness (QED) is 0.550. The van der Waals surface area contributed by atoms with E-state index in [0.29, 0.717) is 29.5 Å². The molecule has 0 N–H and O–H groups in total. The molecule has 0 aliphatic carbocycles. The van der Waals surface area contributed by atoms with E-state index in [0.717, 1.165) is 5.56 Å². The molecule has 2 rings (SSSR count). The molecule has 0 aliphatic heterocycles. The van der Waals surface area contributed by atoms with E-state index in [2.05, 4.69) is 29.3 Å². The summed E-state index contributed by atoms with van der Waals surface area (Å²) < 4.78 is 22.5. The minimum Gasteiger partial charge on any atom is -0.591 e. The molecule has 0 amide bonds. The van der Waals surface area contributed by atoms with Crippen LogP contribution in [0.2, 0.25) is 0 Å². The van der Waals surface area contributed by atoms with Gasteiger partial charge in [0.05, 0.1) is 6.61 Å². The lowest BCUT2D eigenvalue weighted by Gasteiger charge is -2.20. The molecule has 1 unspecified atom stereocenters. The molecular formula is C21H25N3O2S. The van der Waals surface area contributed by atoms with Gasteiger partial charge < -0.3 is 9.29 Å². The highest BCUT2D eigenvalue weighted by Crippen LogP contribution is 2.24. The van der Waals surface area contributed by atoms with Gasteiger partial charge in [-0.05, 0) is 51.0 Å². The molecule has 0 spiro atoms. The van der Waals surface area contributed by atoms with Crippen molar-refractivity contribution in [3.8, 4) is 11.8 Å². The van der Waals surface area contributed by atoms with E-state index < -0.39 is 16.1 Å². The van der Waals surface area contributed by atoms with E-state index in [1.807, 2.05) is 45.0 Å².